The zero-order valence-corrected chi connectivity index (χ0v) is 9.12. The highest BCUT2D eigenvalue weighted by Crippen LogP contribution is 2.14. The fraction of sp³-hybridized carbons (Fsp3) is 0.182. The zero-order valence-electron chi connectivity index (χ0n) is 9.12. The van der Waals surface area contributed by atoms with Gasteiger partial charge in [0.05, 0.1) is 23.3 Å². The summed E-state index contributed by atoms with van der Waals surface area (Å²) in [7, 11) is 0. The van der Waals surface area contributed by atoms with E-state index >= 15 is 0 Å². The third-order valence-electron chi connectivity index (χ3n) is 2.04. The summed E-state index contributed by atoms with van der Waals surface area (Å²) in [6, 6.07) is 3.04. The fourth-order valence-corrected chi connectivity index (χ4v) is 1.25. The summed E-state index contributed by atoms with van der Waals surface area (Å²) in [6.45, 7) is -0.653. The summed E-state index contributed by atoms with van der Waals surface area (Å²) < 4.78 is 4.57. The van der Waals surface area contributed by atoms with Gasteiger partial charge in [-0.1, -0.05) is 0 Å². The van der Waals surface area contributed by atoms with Gasteiger partial charge in [0.1, 0.15) is 6.61 Å². The van der Waals surface area contributed by atoms with Crippen LogP contribution in [0.1, 0.15) is 31.1 Å². The molecule has 0 amide bonds. The maximum atomic E-state index is 11.5. The molecule has 0 saturated carbocycles. The lowest BCUT2D eigenvalue weighted by molar-refractivity contribution is 0.0425. The second-order valence-corrected chi connectivity index (χ2v) is 3.23. The van der Waals surface area contributed by atoms with E-state index in [0.717, 1.165) is 18.2 Å². The average molecular weight is 254 g/mol. The molecule has 18 heavy (non-hydrogen) atoms. The Bertz CT molecular complexity index is 492. The molecule has 7 heteroatoms. The molecule has 0 heterocycles. The van der Waals surface area contributed by atoms with Crippen molar-refractivity contribution in [3.05, 3.63) is 34.9 Å². The van der Waals surface area contributed by atoms with E-state index in [1.165, 1.54) is 0 Å². The summed E-state index contributed by atoms with van der Waals surface area (Å²) in [6.07, 6.45) is 0. The largest absolute Gasteiger partial charge is 0.478 e. The molecule has 0 unspecified atom stereocenters. The predicted octanol–water partition coefficient (Wildman–Crippen LogP) is 0.232. The van der Waals surface area contributed by atoms with Crippen LogP contribution in [0.3, 0.4) is 0 Å². The first kappa shape index (κ1) is 13.7. The van der Waals surface area contributed by atoms with Gasteiger partial charge in [-0.05, 0) is 18.2 Å². The number of carbonyl (C=O) groups is 3. The molecule has 0 saturated heterocycles. The summed E-state index contributed by atoms with van der Waals surface area (Å²) in [4.78, 5) is 33.1. The number of aliphatic hydroxyl groups is 1. The molecule has 3 N–H and O–H groups in total. The molecular formula is C11H10O7. The number of ether oxygens (including phenoxy) is 1. The number of carboxylic acids is 2. The summed E-state index contributed by atoms with van der Waals surface area (Å²) in [5.74, 6) is -3.67. The smallest absolute Gasteiger partial charge is 0.339 e. The van der Waals surface area contributed by atoms with Crippen molar-refractivity contribution in [1.29, 1.82) is 0 Å². The molecule has 0 fully saturated rings. The van der Waals surface area contributed by atoms with Gasteiger partial charge in [-0.3, -0.25) is 0 Å². The second-order valence-electron chi connectivity index (χ2n) is 3.23. The van der Waals surface area contributed by atoms with Crippen molar-refractivity contribution < 1.29 is 34.4 Å². The molecule has 0 aliphatic heterocycles. The number of hydrogen-bond acceptors (Lipinski definition) is 5. The molecule has 1 aromatic carbocycles. The van der Waals surface area contributed by atoms with Crippen molar-refractivity contribution in [1.82, 2.24) is 0 Å². The number of aliphatic hydroxyl groups excluding tert-OH is 1. The van der Waals surface area contributed by atoms with Crippen LogP contribution in [0.5, 0.6) is 0 Å². The van der Waals surface area contributed by atoms with Gasteiger partial charge in [-0.15, -0.1) is 0 Å². The topological polar surface area (TPSA) is 121 Å². The number of hydrogen-bond donors (Lipinski definition) is 3. The SMILES string of the molecule is O=C(O)c1ccc(C(=O)OCCO)c(C(=O)O)c1. The normalized spacial score (nSPS) is 9.83. The molecule has 0 aliphatic rings. The number of carbonyl (C=O) groups excluding carboxylic acids is 1. The molecule has 96 valence electrons. The second kappa shape index (κ2) is 5.78. The molecule has 0 atom stereocenters. The third-order valence-corrected chi connectivity index (χ3v) is 2.04. The Morgan fingerprint density at radius 2 is 1.72 bits per heavy atom. The molecule has 1 rings (SSSR count). The van der Waals surface area contributed by atoms with E-state index in [-0.39, 0.29) is 24.3 Å². The first-order chi connectivity index (χ1) is 8.47. The third kappa shape index (κ3) is 3.05. The minimum atomic E-state index is -1.44. The molecular weight excluding hydrogens is 244 g/mol. The van der Waals surface area contributed by atoms with Crippen LogP contribution in [0.4, 0.5) is 0 Å². The van der Waals surface area contributed by atoms with Gasteiger partial charge in [0.2, 0.25) is 0 Å². The van der Waals surface area contributed by atoms with Crippen molar-refractivity contribution in [3.8, 4) is 0 Å². The summed E-state index contributed by atoms with van der Waals surface area (Å²) in [5.41, 5.74) is -0.968. The van der Waals surface area contributed by atoms with Gasteiger partial charge in [0.25, 0.3) is 0 Å². The lowest BCUT2D eigenvalue weighted by atomic mass is 10.0. The number of carboxylic acid groups (broad SMARTS) is 2. The molecule has 0 aliphatic carbocycles. The lowest BCUT2D eigenvalue weighted by Gasteiger charge is -2.06. The first-order valence-corrected chi connectivity index (χ1v) is 4.86. The fourth-order valence-electron chi connectivity index (χ4n) is 1.25. The standard InChI is InChI=1S/C11H10O7/c12-3-4-18-11(17)7-2-1-6(9(13)14)5-8(7)10(15)16/h1-2,5,12H,3-4H2,(H,13,14)(H,15,16). The number of rotatable bonds is 5. The zero-order chi connectivity index (χ0) is 13.7. The van der Waals surface area contributed by atoms with Crippen molar-refractivity contribution in [2.24, 2.45) is 0 Å². The number of esters is 1. The molecule has 1 aromatic rings. The van der Waals surface area contributed by atoms with E-state index in [4.69, 9.17) is 15.3 Å². The van der Waals surface area contributed by atoms with E-state index in [9.17, 15) is 14.4 Å². The Morgan fingerprint density at radius 1 is 1.06 bits per heavy atom. The Kier molecular flexibility index (Phi) is 4.39. The first-order valence-electron chi connectivity index (χ1n) is 4.86. The molecule has 0 bridgehead atoms. The number of aromatic carboxylic acids is 2. The maximum absolute atomic E-state index is 11.5. The van der Waals surface area contributed by atoms with E-state index in [1.54, 1.807) is 0 Å². The quantitative estimate of drug-likeness (QED) is 0.643. The minimum Gasteiger partial charge on any atom is -0.478 e. The Morgan fingerprint density at radius 3 is 2.22 bits per heavy atom. The summed E-state index contributed by atoms with van der Waals surface area (Å²) >= 11 is 0. The van der Waals surface area contributed by atoms with Crippen LogP contribution in [0.25, 0.3) is 0 Å². The van der Waals surface area contributed by atoms with Gasteiger partial charge >= 0.3 is 17.9 Å². The van der Waals surface area contributed by atoms with Gasteiger partial charge in [0.15, 0.2) is 0 Å². The molecule has 0 spiro atoms. The average Bonchev–Trinajstić information content (AvgIpc) is 2.34. The number of benzene rings is 1. The van der Waals surface area contributed by atoms with Gasteiger partial charge in [-0.25, -0.2) is 14.4 Å². The summed E-state index contributed by atoms with van der Waals surface area (Å²) in [5, 5.41) is 26.1. The lowest BCUT2D eigenvalue weighted by Crippen LogP contribution is -2.14. The predicted molar refractivity (Wildman–Crippen MR) is 57.7 cm³/mol. The van der Waals surface area contributed by atoms with Crippen molar-refractivity contribution in [2.75, 3.05) is 13.2 Å². The highest BCUT2D eigenvalue weighted by molar-refractivity contribution is 6.04. The van der Waals surface area contributed by atoms with Crippen LogP contribution in [0.15, 0.2) is 18.2 Å². The van der Waals surface area contributed by atoms with Crippen LogP contribution in [-0.2, 0) is 4.74 Å². The molecule has 0 aromatic heterocycles. The van der Waals surface area contributed by atoms with E-state index in [2.05, 4.69) is 4.74 Å². The van der Waals surface area contributed by atoms with E-state index in [1.807, 2.05) is 0 Å². The highest BCUT2D eigenvalue weighted by Gasteiger charge is 2.19. The Hall–Kier alpha value is -2.41. The van der Waals surface area contributed by atoms with Gasteiger partial charge in [-0.2, -0.15) is 0 Å². The van der Waals surface area contributed by atoms with Crippen LogP contribution in [0, 0.1) is 0 Å². The van der Waals surface area contributed by atoms with Gasteiger partial charge < -0.3 is 20.1 Å². The monoisotopic (exact) mass is 254 g/mol. The van der Waals surface area contributed by atoms with Crippen molar-refractivity contribution >= 4 is 17.9 Å². The highest BCUT2D eigenvalue weighted by atomic mass is 16.5. The maximum Gasteiger partial charge on any atom is 0.339 e. The van der Waals surface area contributed by atoms with Gasteiger partial charge in [0, 0.05) is 0 Å². The van der Waals surface area contributed by atoms with Crippen LogP contribution >= 0.6 is 0 Å². The van der Waals surface area contributed by atoms with Crippen LogP contribution < -0.4 is 0 Å². The van der Waals surface area contributed by atoms with Crippen LogP contribution in [0.2, 0.25) is 0 Å². The van der Waals surface area contributed by atoms with Crippen molar-refractivity contribution in [2.45, 2.75) is 0 Å². The molecule has 7 nitrogen and oxygen atoms in total. The Balaban J connectivity index is 3.15. The van der Waals surface area contributed by atoms with E-state index < -0.39 is 23.5 Å². The Labute approximate surface area is 101 Å². The van der Waals surface area contributed by atoms with Crippen LogP contribution in [-0.4, -0.2) is 46.4 Å². The van der Waals surface area contributed by atoms with E-state index in [0.29, 0.717) is 0 Å². The minimum absolute atomic E-state index is 0.244. The van der Waals surface area contributed by atoms with Crippen molar-refractivity contribution in [3.63, 3.8) is 0 Å². The molecule has 0 radical (unpaired) electrons.